The highest BCUT2D eigenvalue weighted by molar-refractivity contribution is 5.95. The minimum Gasteiger partial charge on any atom is -0.469 e. The maximum absolute atomic E-state index is 12.2. The molecular weight excluding hydrogens is 230 g/mol. The van der Waals surface area contributed by atoms with Crippen LogP contribution in [0.5, 0.6) is 0 Å². The average molecular weight is 249 g/mol. The van der Waals surface area contributed by atoms with Crippen molar-refractivity contribution in [1.29, 1.82) is 0 Å². The summed E-state index contributed by atoms with van der Waals surface area (Å²) < 4.78 is 4.55. The first kappa shape index (κ1) is 14.2. The Balaban J connectivity index is 2.71. The standard InChI is InChI=1S/C14H19NO3/c1-4-11-7-5-6-8-12(11)14(17)15(2)10-9-13(16)18-3/h5-8H,4,9-10H2,1-3H3. The maximum Gasteiger partial charge on any atom is 0.307 e. The lowest BCUT2D eigenvalue weighted by atomic mass is 10.0. The van der Waals surface area contributed by atoms with Crippen LogP contribution < -0.4 is 0 Å². The molecule has 0 aliphatic rings. The zero-order valence-corrected chi connectivity index (χ0v) is 11.1. The van der Waals surface area contributed by atoms with Gasteiger partial charge in [-0.05, 0) is 18.1 Å². The van der Waals surface area contributed by atoms with E-state index in [9.17, 15) is 9.59 Å². The SMILES string of the molecule is CCc1ccccc1C(=O)N(C)CCC(=O)OC. The first-order valence-corrected chi connectivity index (χ1v) is 6.00. The fraction of sp³-hybridized carbons (Fsp3) is 0.429. The Labute approximate surface area is 108 Å². The second-order valence-electron chi connectivity index (χ2n) is 4.06. The summed E-state index contributed by atoms with van der Waals surface area (Å²) in [7, 11) is 3.04. The zero-order valence-electron chi connectivity index (χ0n) is 11.1. The number of nitrogens with zero attached hydrogens (tertiary/aromatic N) is 1. The number of benzene rings is 1. The number of carbonyl (C=O) groups excluding carboxylic acids is 2. The lowest BCUT2D eigenvalue weighted by molar-refractivity contribution is -0.140. The highest BCUT2D eigenvalue weighted by atomic mass is 16.5. The number of hydrogen-bond donors (Lipinski definition) is 0. The van der Waals surface area contributed by atoms with E-state index in [2.05, 4.69) is 4.74 Å². The zero-order chi connectivity index (χ0) is 13.5. The second-order valence-corrected chi connectivity index (χ2v) is 4.06. The number of rotatable bonds is 5. The van der Waals surface area contributed by atoms with Crippen molar-refractivity contribution >= 4 is 11.9 Å². The van der Waals surface area contributed by atoms with E-state index in [4.69, 9.17) is 0 Å². The molecule has 1 rings (SSSR count). The Morgan fingerprint density at radius 1 is 1.28 bits per heavy atom. The van der Waals surface area contributed by atoms with E-state index < -0.39 is 0 Å². The molecule has 0 aromatic heterocycles. The largest absolute Gasteiger partial charge is 0.469 e. The van der Waals surface area contributed by atoms with E-state index in [-0.39, 0.29) is 18.3 Å². The predicted octanol–water partition coefficient (Wildman–Crippen LogP) is 1.88. The molecule has 0 saturated carbocycles. The number of amides is 1. The van der Waals surface area contributed by atoms with Gasteiger partial charge in [-0.25, -0.2) is 0 Å². The van der Waals surface area contributed by atoms with Crippen LogP contribution in [0.3, 0.4) is 0 Å². The Bertz CT molecular complexity index is 429. The highest BCUT2D eigenvalue weighted by Gasteiger charge is 2.15. The van der Waals surface area contributed by atoms with Crippen LogP contribution >= 0.6 is 0 Å². The van der Waals surface area contributed by atoms with Crippen molar-refractivity contribution in [3.8, 4) is 0 Å². The van der Waals surface area contributed by atoms with E-state index in [1.165, 1.54) is 7.11 Å². The van der Waals surface area contributed by atoms with Gasteiger partial charge in [0.2, 0.25) is 0 Å². The van der Waals surface area contributed by atoms with E-state index in [1.807, 2.05) is 31.2 Å². The van der Waals surface area contributed by atoms with Crippen LogP contribution in [0.1, 0.15) is 29.3 Å². The van der Waals surface area contributed by atoms with Crippen molar-refractivity contribution in [3.63, 3.8) is 0 Å². The third kappa shape index (κ3) is 3.58. The molecule has 0 radical (unpaired) electrons. The molecule has 4 heteroatoms. The summed E-state index contributed by atoms with van der Waals surface area (Å²) in [6.07, 6.45) is 1.03. The molecule has 0 unspecified atom stereocenters. The van der Waals surface area contributed by atoms with Gasteiger partial charge in [0.1, 0.15) is 0 Å². The molecule has 1 aromatic rings. The normalized spacial score (nSPS) is 9.94. The molecule has 98 valence electrons. The van der Waals surface area contributed by atoms with Crippen molar-refractivity contribution in [2.75, 3.05) is 20.7 Å². The van der Waals surface area contributed by atoms with Crippen molar-refractivity contribution in [3.05, 3.63) is 35.4 Å². The molecule has 0 heterocycles. The predicted molar refractivity (Wildman–Crippen MR) is 69.4 cm³/mol. The molecule has 0 atom stereocenters. The molecule has 0 spiro atoms. The van der Waals surface area contributed by atoms with Crippen LogP contribution in [-0.4, -0.2) is 37.5 Å². The lowest BCUT2D eigenvalue weighted by Gasteiger charge is -2.18. The molecular formula is C14H19NO3. The molecule has 4 nitrogen and oxygen atoms in total. The highest BCUT2D eigenvalue weighted by Crippen LogP contribution is 2.12. The number of ether oxygens (including phenoxy) is 1. The minimum absolute atomic E-state index is 0.0589. The van der Waals surface area contributed by atoms with Crippen LogP contribution in [0.4, 0.5) is 0 Å². The van der Waals surface area contributed by atoms with Gasteiger partial charge in [0, 0.05) is 19.2 Å². The van der Waals surface area contributed by atoms with E-state index in [0.717, 1.165) is 12.0 Å². The summed E-state index contributed by atoms with van der Waals surface area (Å²) in [4.78, 5) is 24.8. The third-order valence-corrected chi connectivity index (χ3v) is 2.85. The fourth-order valence-electron chi connectivity index (χ4n) is 1.71. The number of methoxy groups -OCH3 is 1. The Morgan fingerprint density at radius 3 is 2.56 bits per heavy atom. The molecule has 18 heavy (non-hydrogen) atoms. The van der Waals surface area contributed by atoms with Crippen molar-refractivity contribution in [1.82, 2.24) is 4.90 Å². The molecule has 0 bridgehead atoms. The van der Waals surface area contributed by atoms with Crippen molar-refractivity contribution in [2.45, 2.75) is 19.8 Å². The van der Waals surface area contributed by atoms with Gasteiger partial charge in [-0.15, -0.1) is 0 Å². The van der Waals surface area contributed by atoms with Crippen LogP contribution in [0.2, 0.25) is 0 Å². The molecule has 0 N–H and O–H groups in total. The molecule has 0 saturated heterocycles. The second kappa shape index (κ2) is 6.79. The van der Waals surface area contributed by atoms with Gasteiger partial charge < -0.3 is 9.64 Å². The van der Waals surface area contributed by atoms with E-state index in [0.29, 0.717) is 12.1 Å². The quantitative estimate of drug-likeness (QED) is 0.749. The number of aryl methyl sites for hydroxylation is 1. The number of carbonyl (C=O) groups is 2. The molecule has 0 fully saturated rings. The van der Waals surface area contributed by atoms with Gasteiger partial charge in [-0.3, -0.25) is 9.59 Å². The van der Waals surface area contributed by atoms with Gasteiger partial charge >= 0.3 is 5.97 Å². The monoisotopic (exact) mass is 249 g/mol. The van der Waals surface area contributed by atoms with E-state index >= 15 is 0 Å². The topological polar surface area (TPSA) is 46.6 Å². The first-order chi connectivity index (χ1) is 8.60. The summed E-state index contributed by atoms with van der Waals surface area (Å²) in [5.74, 6) is -0.366. The fourth-order valence-corrected chi connectivity index (χ4v) is 1.71. The molecule has 0 aliphatic heterocycles. The van der Waals surface area contributed by atoms with Crippen LogP contribution in [-0.2, 0) is 16.0 Å². The summed E-state index contributed by atoms with van der Waals surface area (Å²) in [5.41, 5.74) is 1.72. The summed E-state index contributed by atoms with van der Waals surface area (Å²) in [6.45, 7) is 2.38. The van der Waals surface area contributed by atoms with E-state index in [1.54, 1.807) is 11.9 Å². The first-order valence-electron chi connectivity index (χ1n) is 6.00. The maximum atomic E-state index is 12.2. The minimum atomic E-state index is -0.307. The summed E-state index contributed by atoms with van der Waals surface area (Å²) in [5, 5.41) is 0. The summed E-state index contributed by atoms with van der Waals surface area (Å²) >= 11 is 0. The van der Waals surface area contributed by atoms with Crippen LogP contribution in [0, 0.1) is 0 Å². The van der Waals surface area contributed by atoms with Crippen molar-refractivity contribution < 1.29 is 14.3 Å². The Hall–Kier alpha value is -1.84. The van der Waals surface area contributed by atoms with Crippen molar-refractivity contribution in [2.24, 2.45) is 0 Å². The van der Waals surface area contributed by atoms with Gasteiger partial charge in [0.05, 0.1) is 13.5 Å². The van der Waals surface area contributed by atoms with Gasteiger partial charge in [0.25, 0.3) is 5.91 Å². The smallest absolute Gasteiger partial charge is 0.307 e. The lowest BCUT2D eigenvalue weighted by Crippen LogP contribution is -2.30. The van der Waals surface area contributed by atoms with Gasteiger partial charge in [-0.2, -0.15) is 0 Å². The average Bonchev–Trinajstić information content (AvgIpc) is 2.43. The van der Waals surface area contributed by atoms with Crippen LogP contribution in [0.15, 0.2) is 24.3 Å². The third-order valence-electron chi connectivity index (χ3n) is 2.85. The van der Waals surface area contributed by atoms with Gasteiger partial charge in [-0.1, -0.05) is 25.1 Å². The molecule has 1 amide bonds. The molecule has 0 aliphatic carbocycles. The van der Waals surface area contributed by atoms with Gasteiger partial charge in [0.15, 0.2) is 0 Å². The molecule has 1 aromatic carbocycles. The Morgan fingerprint density at radius 2 is 1.94 bits per heavy atom. The number of esters is 1. The summed E-state index contributed by atoms with van der Waals surface area (Å²) in [6, 6.07) is 7.53. The van der Waals surface area contributed by atoms with Crippen LogP contribution in [0.25, 0.3) is 0 Å². The Kier molecular flexibility index (Phi) is 5.36. The number of hydrogen-bond acceptors (Lipinski definition) is 3.